The van der Waals surface area contributed by atoms with E-state index in [4.69, 9.17) is 14.2 Å². The lowest BCUT2D eigenvalue weighted by Crippen LogP contribution is -2.38. The van der Waals surface area contributed by atoms with Gasteiger partial charge in [-0.15, -0.1) is 0 Å². The Bertz CT molecular complexity index is 909. The van der Waals surface area contributed by atoms with Crippen molar-refractivity contribution < 1.29 is 19.0 Å². The van der Waals surface area contributed by atoms with Crippen molar-refractivity contribution >= 4 is 16.7 Å². The molecular formula is C22H23NO4. The molecular weight excluding hydrogens is 342 g/mol. The minimum atomic E-state index is -0.600. The predicted molar refractivity (Wildman–Crippen MR) is 106 cm³/mol. The Kier molecular flexibility index (Phi) is 6.15. The highest BCUT2D eigenvalue weighted by Gasteiger charge is 2.14. The highest BCUT2D eigenvalue weighted by Crippen LogP contribution is 2.25. The summed E-state index contributed by atoms with van der Waals surface area (Å²) in [6.07, 6.45) is -0.600. The number of nitrogens with one attached hydrogen (secondary N) is 1. The lowest BCUT2D eigenvalue weighted by molar-refractivity contribution is -0.127. The maximum absolute atomic E-state index is 12.2. The summed E-state index contributed by atoms with van der Waals surface area (Å²) in [6.45, 7) is 2.45. The monoisotopic (exact) mass is 365 g/mol. The van der Waals surface area contributed by atoms with Gasteiger partial charge in [0.05, 0.1) is 13.7 Å². The van der Waals surface area contributed by atoms with E-state index in [9.17, 15) is 4.79 Å². The zero-order chi connectivity index (χ0) is 19.1. The van der Waals surface area contributed by atoms with Crippen LogP contribution in [0.1, 0.15) is 6.92 Å². The summed E-state index contributed by atoms with van der Waals surface area (Å²) < 4.78 is 16.6. The highest BCUT2D eigenvalue weighted by molar-refractivity contribution is 5.84. The number of methoxy groups -OCH3 is 1. The first-order valence-corrected chi connectivity index (χ1v) is 8.86. The molecule has 0 aromatic heterocycles. The SMILES string of the molecule is COc1ccccc1OCCNC(=O)[C@@H](C)Oc1ccc2ccccc2c1. The second-order valence-corrected chi connectivity index (χ2v) is 6.06. The van der Waals surface area contributed by atoms with Crippen molar-refractivity contribution in [3.05, 3.63) is 66.7 Å². The average molecular weight is 365 g/mol. The summed E-state index contributed by atoms with van der Waals surface area (Å²) in [7, 11) is 1.59. The van der Waals surface area contributed by atoms with Gasteiger partial charge < -0.3 is 19.5 Å². The van der Waals surface area contributed by atoms with E-state index >= 15 is 0 Å². The third-order valence-electron chi connectivity index (χ3n) is 4.13. The zero-order valence-corrected chi connectivity index (χ0v) is 15.5. The second kappa shape index (κ2) is 8.94. The fourth-order valence-electron chi connectivity index (χ4n) is 2.72. The molecule has 1 N–H and O–H groups in total. The molecule has 5 nitrogen and oxygen atoms in total. The van der Waals surface area contributed by atoms with Gasteiger partial charge in [0.15, 0.2) is 17.6 Å². The molecule has 0 heterocycles. The fourth-order valence-corrected chi connectivity index (χ4v) is 2.72. The van der Waals surface area contributed by atoms with Crippen LogP contribution in [0.25, 0.3) is 10.8 Å². The number of amides is 1. The summed E-state index contributed by atoms with van der Waals surface area (Å²) in [4.78, 5) is 12.2. The maximum atomic E-state index is 12.2. The van der Waals surface area contributed by atoms with E-state index in [1.165, 1.54) is 0 Å². The molecule has 3 aromatic rings. The Labute approximate surface area is 158 Å². The Morgan fingerprint density at radius 3 is 2.44 bits per heavy atom. The van der Waals surface area contributed by atoms with Crippen molar-refractivity contribution in [2.45, 2.75) is 13.0 Å². The molecule has 0 radical (unpaired) electrons. The summed E-state index contributed by atoms with van der Waals surface area (Å²) in [5.41, 5.74) is 0. The second-order valence-electron chi connectivity index (χ2n) is 6.06. The number of rotatable bonds is 8. The average Bonchev–Trinajstić information content (AvgIpc) is 2.71. The fraction of sp³-hybridized carbons (Fsp3) is 0.227. The van der Waals surface area contributed by atoms with Crippen molar-refractivity contribution in [1.82, 2.24) is 5.32 Å². The maximum Gasteiger partial charge on any atom is 0.260 e. The molecule has 0 spiro atoms. The first kappa shape index (κ1) is 18.6. The van der Waals surface area contributed by atoms with Crippen LogP contribution in [0.2, 0.25) is 0 Å². The van der Waals surface area contributed by atoms with Gasteiger partial charge in [0.25, 0.3) is 5.91 Å². The van der Waals surface area contributed by atoms with Crippen molar-refractivity contribution in [3.63, 3.8) is 0 Å². The smallest absolute Gasteiger partial charge is 0.260 e. The van der Waals surface area contributed by atoms with Crippen LogP contribution in [0.4, 0.5) is 0 Å². The lowest BCUT2D eigenvalue weighted by atomic mass is 10.1. The molecule has 0 aliphatic carbocycles. The van der Waals surface area contributed by atoms with Crippen molar-refractivity contribution in [3.8, 4) is 17.2 Å². The first-order chi connectivity index (χ1) is 13.2. The number of ether oxygens (including phenoxy) is 3. The molecule has 140 valence electrons. The number of fused-ring (bicyclic) bond motifs is 1. The Morgan fingerprint density at radius 1 is 0.963 bits per heavy atom. The predicted octanol–water partition coefficient (Wildman–Crippen LogP) is 3.81. The van der Waals surface area contributed by atoms with Crippen LogP contribution in [0.15, 0.2) is 66.7 Å². The van der Waals surface area contributed by atoms with E-state index in [0.29, 0.717) is 30.4 Å². The Morgan fingerprint density at radius 2 is 1.67 bits per heavy atom. The van der Waals surface area contributed by atoms with Crippen molar-refractivity contribution in [1.29, 1.82) is 0 Å². The summed E-state index contributed by atoms with van der Waals surface area (Å²) in [5.74, 6) is 1.79. The zero-order valence-electron chi connectivity index (χ0n) is 15.5. The summed E-state index contributed by atoms with van der Waals surface area (Å²) in [5, 5.41) is 5.03. The topological polar surface area (TPSA) is 56.8 Å². The molecule has 0 unspecified atom stereocenters. The first-order valence-electron chi connectivity index (χ1n) is 8.86. The third-order valence-corrected chi connectivity index (χ3v) is 4.13. The molecule has 5 heteroatoms. The van der Waals surface area contributed by atoms with E-state index in [0.717, 1.165) is 10.8 Å². The molecule has 0 saturated heterocycles. The number of carbonyl (C=O) groups is 1. The van der Waals surface area contributed by atoms with Crippen LogP contribution in [-0.2, 0) is 4.79 Å². The minimum Gasteiger partial charge on any atom is -0.493 e. The van der Waals surface area contributed by atoms with Gasteiger partial charge in [-0.3, -0.25) is 4.79 Å². The standard InChI is InChI=1S/C22H23NO4/c1-16(27-19-12-11-17-7-3-4-8-18(17)15-19)22(24)23-13-14-26-21-10-6-5-9-20(21)25-2/h3-12,15-16H,13-14H2,1-2H3,(H,23,24)/t16-/m1/s1. The number of carbonyl (C=O) groups excluding carboxylic acids is 1. The van der Waals surface area contributed by atoms with Crippen LogP contribution in [-0.4, -0.2) is 32.3 Å². The van der Waals surface area contributed by atoms with Gasteiger partial charge in [-0.25, -0.2) is 0 Å². The van der Waals surface area contributed by atoms with Gasteiger partial charge in [-0.1, -0.05) is 42.5 Å². The molecule has 1 atom stereocenters. The molecule has 0 bridgehead atoms. The number of hydrogen-bond donors (Lipinski definition) is 1. The molecule has 3 aromatic carbocycles. The largest absolute Gasteiger partial charge is 0.493 e. The number of benzene rings is 3. The minimum absolute atomic E-state index is 0.188. The van der Waals surface area contributed by atoms with Gasteiger partial charge >= 0.3 is 0 Å². The van der Waals surface area contributed by atoms with Crippen molar-refractivity contribution in [2.24, 2.45) is 0 Å². The van der Waals surface area contributed by atoms with E-state index in [1.807, 2.05) is 66.7 Å². The van der Waals surface area contributed by atoms with Crippen LogP contribution in [0.3, 0.4) is 0 Å². The summed E-state index contributed by atoms with van der Waals surface area (Å²) >= 11 is 0. The number of hydrogen-bond acceptors (Lipinski definition) is 4. The quantitative estimate of drug-likeness (QED) is 0.617. The van der Waals surface area contributed by atoms with E-state index in [2.05, 4.69) is 5.32 Å². The van der Waals surface area contributed by atoms with E-state index in [1.54, 1.807) is 14.0 Å². The Balaban J connectivity index is 1.47. The van der Waals surface area contributed by atoms with Crippen LogP contribution >= 0.6 is 0 Å². The van der Waals surface area contributed by atoms with Gasteiger partial charge in [-0.05, 0) is 42.0 Å². The third kappa shape index (κ3) is 4.91. The van der Waals surface area contributed by atoms with E-state index in [-0.39, 0.29) is 5.91 Å². The van der Waals surface area contributed by atoms with Crippen LogP contribution < -0.4 is 19.5 Å². The van der Waals surface area contributed by atoms with Crippen LogP contribution in [0.5, 0.6) is 17.2 Å². The van der Waals surface area contributed by atoms with Crippen molar-refractivity contribution in [2.75, 3.05) is 20.3 Å². The highest BCUT2D eigenvalue weighted by atomic mass is 16.5. The van der Waals surface area contributed by atoms with Gasteiger partial charge in [0.2, 0.25) is 0 Å². The normalized spacial score (nSPS) is 11.6. The van der Waals surface area contributed by atoms with Gasteiger partial charge in [-0.2, -0.15) is 0 Å². The molecule has 1 amide bonds. The molecule has 0 saturated carbocycles. The van der Waals surface area contributed by atoms with Gasteiger partial charge in [0.1, 0.15) is 12.4 Å². The molecule has 0 aliphatic rings. The lowest BCUT2D eigenvalue weighted by Gasteiger charge is -2.16. The number of para-hydroxylation sites is 2. The van der Waals surface area contributed by atoms with E-state index < -0.39 is 6.10 Å². The molecule has 0 aliphatic heterocycles. The summed E-state index contributed by atoms with van der Waals surface area (Å²) in [6, 6.07) is 21.2. The molecule has 0 fully saturated rings. The molecule has 27 heavy (non-hydrogen) atoms. The molecule has 3 rings (SSSR count). The Hall–Kier alpha value is -3.21. The van der Waals surface area contributed by atoms with Crippen LogP contribution in [0, 0.1) is 0 Å². The van der Waals surface area contributed by atoms with Gasteiger partial charge in [0, 0.05) is 0 Å².